The van der Waals surface area contributed by atoms with E-state index >= 15 is 0 Å². The third-order valence-corrected chi connectivity index (χ3v) is 7.73. The molecule has 4 rings (SSSR count). The second-order valence-corrected chi connectivity index (χ2v) is 10.5. The number of halogens is 4. The molecule has 0 radical (unpaired) electrons. The predicted octanol–water partition coefficient (Wildman–Crippen LogP) is 5.33. The van der Waals surface area contributed by atoms with Crippen molar-refractivity contribution in [1.82, 2.24) is 14.1 Å². The van der Waals surface area contributed by atoms with Crippen molar-refractivity contribution in [3.8, 4) is 0 Å². The molecule has 1 amide bonds. The second-order valence-electron chi connectivity index (χ2n) is 8.93. The third-order valence-electron chi connectivity index (χ3n) is 6.25. The summed E-state index contributed by atoms with van der Waals surface area (Å²) < 4.78 is 41.8. The molecule has 2 fully saturated rings. The first-order valence-electron chi connectivity index (χ1n) is 11.2. The zero-order chi connectivity index (χ0) is 24.5. The molecule has 2 heterocycles. The number of carbonyl (C=O) groups is 1. The molecule has 34 heavy (non-hydrogen) atoms. The van der Waals surface area contributed by atoms with E-state index in [2.05, 4.69) is 10.2 Å². The van der Waals surface area contributed by atoms with Gasteiger partial charge < -0.3 is 10.2 Å². The lowest BCUT2D eigenvalue weighted by Crippen LogP contribution is -2.60. The van der Waals surface area contributed by atoms with Crippen LogP contribution in [0.15, 0.2) is 47.4 Å². The first-order chi connectivity index (χ1) is 16.1. The van der Waals surface area contributed by atoms with Gasteiger partial charge in [0.15, 0.2) is 0 Å². The quantitative estimate of drug-likeness (QED) is 0.530. The third kappa shape index (κ3) is 5.82. The Balaban J connectivity index is 1.24. The standard InChI is InChI=1S/C24H28ClF3N4OS/c1-30(2)23(33)19-8-7-16(13-21(19)25)29-17-14-31(15-17)18-9-11-32(12-10-18)34-22-6-4-3-5-20(22)24(26,27)28/h3-8,13,17-18,29H,9-12,14-15H2,1-2H3. The lowest BCUT2D eigenvalue weighted by molar-refractivity contribution is -0.139. The molecule has 2 aliphatic rings. The summed E-state index contributed by atoms with van der Waals surface area (Å²) >= 11 is 7.51. The van der Waals surface area contributed by atoms with Crippen molar-refractivity contribution in [3.63, 3.8) is 0 Å². The van der Waals surface area contributed by atoms with Gasteiger partial charge >= 0.3 is 6.18 Å². The van der Waals surface area contributed by atoms with Gasteiger partial charge in [-0.1, -0.05) is 23.7 Å². The van der Waals surface area contributed by atoms with Crippen molar-refractivity contribution in [3.05, 3.63) is 58.6 Å². The average molecular weight is 513 g/mol. The first-order valence-corrected chi connectivity index (χ1v) is 12.4. The van der Waals surface area contributed by atoms with Crippen molar-refractivity contribution in [2.75, 3.05) is 45.6 Å². The van der Waals surface area contributed by atoms with Gasteiger partial charge in [0.05, 0.1) is 22.2 Å². The number of nitrogens with one attached hydrogen (secondary N) is 1. The fourth-order valence-corrected chi connectivity index (χ4v) is 5.73. The molecule has 0 unspecified atom stereocenters. The minimum Gasteiger partial charge on any atom is -0.380 e. The summed E-state index contributed by atoms with van der Waals surface area (Å²) in [7, 11) is 3.39. The maximum atomic E-state index is 13.3. The highest BCUT2D eigenvalue weighted by molar-refractivity contribution is 7.97. The van der Waals surface area contributed by atoms with Crippen molar-refractivity contribution in [2.45, 2.75) is 36.0 Å². The maximum Gasteiger partial charge on any atom is 0.417 e. The van der Waals surface area contributed by atoms with Crippen LogP contribution in [0.25, 0.3) is 0 Å². The summed E-state index contributed by atoms with van der Waals surface area (Å²) in [4.78, 5) is 16.3. The fraction of sp³-hybridized carbons (Fsp3) is 0.458. The Labute approximate surface area is 207 Å². The van der Waals surface area contributed by atoms with E-state index in [0.717, 1.165) is 50.8 Å². The van der Waals surface area contributed by atoms with Crippen LogP contribution in [0.1, 0.15) is 28.8 Å². The van der Waals surface area contributed by atoms with Crippen LogP contribution in [0.3, 0.4) is 0 Å². The molecular weight excluding hydrogens is 485 g/mol. The Morgan fingerprint density at radius 3 is 2.41 bits per heavy atom. The van der Waals surface area contributed by atoms with Crippen LogP contribution in [0, 0.1) is 0 Å². The van der Waals surface area contributed by atoms with Crippen LogP contribution in [-0.2, 0) is 6.18 Å². The van der Waals surface area contributed by atoms with Gasteiger partial charge in [0.25, 0.3) is 5.91 Å². The molecule has 5 nitrogen and oxygen atoms in total. The molecule has 10 heteroatoms. The molecule has 2 saturated heterocycles. The number of piperidine rings is 1. The molecule has 0 aliphatic carbocycles. The molecule has 0 bridgehead atoms. The Kier molecular flexibility index (Phi) is 7.66. The smallest absolute Gasteiger partial charge is 0.380 e. The number of carbonyl (C=O) groups excluding carboxylic acids is 1. The van der Waals surface area contributed by atoms with Gasteiger partial charge in [-0.2, -0.15) is 13.2 Å². The topological polar surface area (TPSA) is 38.8 Å². The summed E-state index contributed by atoms with van der Waals surface area (Å²) in [5, 5.41) is 3.90. The van der Waals surface area contributed by atoms with E-state index in [4.69, 9.17) is 11.6 Å². The molecule has 184 valence electrons. The van der Waals surface area contributed by atoms with E-state index < -0.39 is 11.7 Å². The first kappa shape index (κ1) is 25.2. The molecule has 2 aromatic carbocycles. The molecule has 0 aromatic heterocycles. The van der Waals surface area contributed by atoms with E-state index in [1.807, 2.05) is 10.4 Å². The Hall–Kier alpha value is -1.94. The number of anilines is 1. The highest BCUT2D eigenvalue weighted by atomic mass is 35.5. The normalized spacial score (nSPS) is 18.5. The number of hydrogen-bond acceptors (Lipinski definition) is 5. The lowest BCUT2D eigenvalue weighted by atomic mass is 9.98. The van der Waals surface area contributed by atoms with Gasteiger partial charge in [-0.25, -0.2) is 4.31 Å². The Bertz CT molecular complexity index is 1020. The van der Waals surface area contributed by atoms with Crippen LogP contribution < -0.4 is 5.32 Å². The van der Waals surface area contributed by atoms with Gasteiger partial charge in [-0.3, -0.25) is 9.69 Å². The summed E-state index contributed by atoms with van der Waals surface area (Å²) in [6, 6.07) is 11.9. The summed E-state index contributed by atoms with van der Waals surface area (Å²) in [5.41, 5.74) is 0.799. The molecular formula is C24H28ClF3N4OS. The number of alkyl halides is 3. The van der Waals surface area contributed by atoms with Gasteiger partial charge in [-0.05, 0) is 55.1 Å². The minimum atomic E-state index is -4.34. The van der Waals surface area contributed by atoms with Crippen molar-refractivity contribution in [2.24, 2.45) is 0 Å². The molecule has 0 spiro atoms. The number of amides is 1. The van der Waals surface area contributed by atoms with Crippen LogP contribution in [0.2, 0.25) is 5.02 Å². The van der Waals surface area contributed by atoms with E-state index in [0.29, 0.717) is 22.7 Å². The molecule has 1 N–H and O–H groups in total. The molecule has 0 saturated carbocycles. The number of nitrogens with zero attached hydrogens (tertiary/aromatic N) is 3. The Morgan fingerprint density at radius 2 is 1.79 bits per heavy atom. The lowest BCUT2D eigenvalue weighted by Gasteiger charge is -2.47. The van der Waals surface area contributed by atoms with Crippen LogP contribution in [0.4, 0.5) is 18.9 Å². The average Bonchev–Trinajstić information content (AvgIpc) is 2.76. The largest absolute Gasteiger partial charge is 0.417 e. The van der Waals surface area contributed by atoms with Gasteiger partial charge in [0.1, 0.15) is 0 Å². The maximum absolute atomic E-state index is 13.3. The van der Waals surface area contributed by atoms with E-state index in [1.165, 1.54) is 22.9 Å². The fourth-order valence-electron chi connectivity index (χ4n) is 4.38. The van der Waals surface area contributed by atoms with Gasteiger partial charge in [-0.15, -0.1) is 0 Å². The van der Waals surface area contributed by atoms with Crippen LogP contribution in [-0.4, -0.2) is 72.4 Å². The van der Waals surface area contributed by atoms with E-state index in [1.54, 1.807) is 38.4 Å². The number of likely N-dealkylation sites (tertiary alicyclic amines) is 1. The van der Waals surface area contributed by atoms with Crippen molar-refractivity contribution in [1.29, 1.82) is 0 Å². The second kappa shape index (κ2) is 10.4. The molecule has 2 aliphatic heterocycles. The zero-order valence-electron chi connectivity index (χ0n) is 19.1. The zero-order valence-corrected chi connectivity index (χ0v) is 20.7. The van der Waals surface area contributed by atoms with Crippen molar-refractivity contribution < 1.29 is 18.0 Å². The Morgan fingerprint density at radius 1 is 1.12 bits per heavy atom. The number of hydrogen-bond donors (Lipinski definition) is 1. The van der Waals surface area contributed by atoms with E-state index in [-0.39, 0.29) is 10.8 Å². The highest BCUT2D eigenvalue weighted by Gasteiger charge is 2.36. The number of benzene rings is 2. The minimum absolute atomic E-state index is 0.127. The van der Waals surface area contributed by atoms with Gasteiger partial charge in [0.2, 0.25) is 0 Å². The SMILES string of the molecule is CN(C)C(=O)c1ccc(NC2CN(C3CCN(Sc4ccccc4C(F)(F)F)CC3)C2)cc1Cl. The molecule has 2 aromatic rings. The molecule has 0 atom stereocenters. The number of rotatable bonds is 6. The summed E-state index contributed by atoms with van der Waals surface area (Å²) in [6.45, 7) is 3.33. The summed E-state index contributed by atoms with van der Waals surface area (Å²) in [6.07, 6.45) is -2.48. The predicted molar refractivity (Wildman–Crippen MR) is 130 cm³/mol. The van der Waals surface area contributed by atoms with E-state index in [9.17, 15) is 18.0 Å². The van der Waals surface area contributed by atoms with Crippen LogP contribution >= 0.6 is 23.5 Å². The highest BCUT2D eigenvalue weighted by Crippen LogP contribution is 2.39. The van der Waals surface area contributed by atoms with Crippen LogP contribution in [0.5, 0.6) is 0 Å². The monoisotopic (exact) mass is 512 g/mol. The van der Waals surface area contributed by atoms with Gasteiger partial charge in [0, 0.05) is 56.9 Å². The summed E-state index contributed by atoms with van der Waals surface area (Å²) in [5.74, 6) is -0.127. The van der Waals surface area contributed by atoms with Crippen molar-refractivity contribution >= 4 is 35.1 Å².